The highest BCUT2D eigenvalue weighted by atomic mass is 19.1. The molecule has 0 aliphatic heterocycles. The Balaban J connectivity index is 1.47. The summed E-state index contributed by atoms with van der Waals surface area (Å²) in [6, 6.07) is 17.6. The summed E-state index contributed by atoms with van der Waals surface area (Å²) in [5, 5.41) is 0. The largest absolute Gasteiger partial charge is 0.494 e. The molecule has 0 spiro atoms. The summed E-state index contributed by atoms with van der Waals surface area (Å²) in [7, 11) is 0. The number of hydrogen-bond acceptors (Lipinski definition) is 1. The van der Waals surface area contributed by atoms with Gasteiger partial charge in [-0.3, -0.25) is 4.39 Å². The molecule has 2 aromatic rings. The van der Waals surface area contributed by atoms with Crippen molar-refractivity contribution in [2.75, 3.05) is 13.3 Å². The van der Waals surface area contributed by atoms with E-state index in [1.165, 1.54) is 42.4 Å². The number of ether oxygens (including phenoxy) is 1. The molecule has 0 saturated heterocycles. The van der Waals surface area contributed by atoms with Gasteiger partial charge in [-0.05, 0) is 92.0 Å². The van der Waals surface area contributed by atoms with Crippen molar-refractivity contribution in [1.82, 2.24) is 0 Å². The van der Waals surface area contributed by atoms with Crippen LogP contribution < -0.4 is 4.74 Å². The molecule has 1 nitrogen and oxygen atoms in total. The zero-order valence-corrected chi connectivity index (χ0v) is 18.5. The normalized spacial score (nSPS) is 19.3. The van der Waals surface area contributed by atoms with Crippen LogP contribution in [0.25, 0.3) is 11.1 Å². The van der Waals surface area contributed by atoms with E-state index in [0.717, 1.165) is 44.0 Å². The smallest absolute Gasteiger partial charge is 0.119 e. The first-order valence-electron chi connectivity index (χ1n) is 11.8. The van der Waals surface area contributed by atoms with Gasteiger partial charge in [-0.15, -0.1) is 0 Å². The van der Waals surface area contributed by atoms with Gasteiger partial charge in [-0.1, -0.05) is 61.9 Å². The Morgan fingerprint density at radius 3 is 2.17 bits per heavy atom. The van der Waals surface area contributed by atoms with Crippen molar-refractivity contribution < 1.29 is 9.13 Å². The van der Waals surface area contributed by atoms with E-state index in [2.05, 4.69) is 67.6 Å². The summed E-state index contributed by atoms with van der Waals surface area (Å²) in [4.78, 5) is 0. The van der Waals surface area contributed by atoms with Crippen LogP contribution in [-0.2, 0) is 0 Å². The molecule has 1 saturated carbocycles. The molecule has 2 heteroatoms. The van der Waals surface area contributed by atoms with Gasteiger partial charge in [0.15, 0.2) is 0 Å². The lowest BCUT2D eigenvalue weighted by Crippen LogP contribution is -2.12. The second-order valence-corrected chi connectivity index (χ2v) is 8.60. The maximum Gasteiger partial charge on any atom is 0.119 e. The van der Waals surface area contributed by atoms with E-state index in [9.17, 15) is 4.39 Å². The minimum absolute atomic E-state index is 0.201. The average molecular weight is 409 g/mol. The van der Waals surface area contributed by atoms with E-state index in [4.69, 9.17) is 4.74 Å². The maximum absolute atomic E-state index is 12.1. The Labute approximate surface area is 182 Å². The van der Waals surface area contributed by atoms with E-state index >= 15 is 0 Å². The maximum atomic E-state index is 12.1. The van der Waals surface area contributed by atoms with E-state index < -0.39 is 0 Å². The van der Waals surface area contributed by atoms with Crippen LogP contribution in [0.5, 0.6) is 5.75 Å². The summed E-state index contributed by atoms with van der Waals surface area (Å²) in [6.45, 7) is 2.77. The lowest BCUT2D eigenvalue weighted by molar-refractivity contribution is 0.309. The lowest BCUT2D eigenvalue weighted by Gasteiger charge is -2.28. The number of benzene rings is 2. The van der Waals surface area contributed by atoms with Gasteiger partial charge in [0, 0.05) is 0 Å². The topological polar surface area (TPSA) is 9.23 Å². The molecule has 0 amide bonds. The van der Waals surface area contributed by atoms with Gasteiger partial charge in [0.05, 0.1) is 13.3 Å². The summed E-state index contributed by atoms with van der Waals surface area (Å²) in [5.41, 5.74) is 3.99. The first kappa shape index (κ1) is 22.6. The van der Waals surface area contributed by atoms with Crippen LogP contribution in [0, 0.1) is 5.92 Å². The van der Waals surface area contributed by atoms with Crippen LogP contribution in [0.4, 0.5) is 4.39 Å². The Hall–Kier alpha value is -2.09. The van der Waals surface area contributed by atoms with Gasteiger partial charge >= 0.3 is 0 Å². The molecule has 0 unspecified atom stereocenters. The van der Waals surface area contributed by atoms with Crippen LogP contribution in [0.15, 0.2) is 60.7 Å². The number of unbranched alkanes of at least 4 members (excludes halogenated alkanes) is 2. The number of rotatable bonds is 11. The van der Waals surface area contributed by atoms with E-state index in [-0.39, 0.29) is 6.67 Å². The highest BCUT2D eigenvalue weighted by molar-refractivity contribution is 5.64. The first-order valence-corrected chi connectivity index (χ1v) is 11.8. The molecule has 1 aliphatic rings. The van der Waals surface area contributed by atoms with E-state index in [1.54, 1.807) is 0 Å². The summed E-state index contributed by atoms with van der Waals surface area (Å²) >= 11 is 0. The molecule has 0 heterocycles. The molecule has 0 bridgehead atoms. The third-order valence-electron chi connectivity index (χ3n) is 6.32. The minimum Gasteiger partial charge on any atom is -0.494 e. The summed E-state index contributed by atoms with van der Waals surface area (Å²) in [5.74, 6) is 2.46. The van der Waals surface area contributed by atoms with Crippen molar-refractivity contribution in [3.05, 3.63) is 66.2 Å². The standard InChI is InChI=1S/C28H37FO/c1-2-3-22-30-28-19-17-27(18-20-28)26-15-13-25(14-16-26)24-11-9-23(10-12-24)8-6-4-5-7-21-29/h4,6,13-20,23-24H,2-3,5,7-12,21-22H2,1H3. The molecule has 0 N–H and O–H groups in total. The van der Waals surface area contributed by atoms with Crippen LogP contribution in [0.1, 0.15) is 76.2 Å². The van der Waals surface area contributed by atoms with Crippen molar-refractivity contribution in [3.63, 3.8) is 0 Å². The number of alkyl halides is 1. The zero-order valence-electron chi connectivity index (χ0n) is 18.5. The second-order valence-electron chi connectivity index (χ2n) is 8.60. The van der Waals surface area contributed by atoms with Crippen LogP contribution in [-0.4, -0.2) is 13.3 Å². The van der Waals surface area contributed by atoms with Crippen molar-refractivity contribution in [2.24, 2.45) is 5.92 Å². The van der Waals surface area contributed by atoms with Crippen LogP contribution >= 0.6 is 0 Å². The van der Waals surface area contributed by atoms with Gasteiger partial charge in [0.1, 0.15) is 5.75 Å². The zero-order chi connectivity index (χ0) is 21.0. The number of hydrogen-bond donors (Lipinski definition) is 0. The quantitative estimate of drug-likeness (QED) is 0.267. The third-order valence-corrected chi connectivity index (χ3v) is 6.32. The molecule has 2 aromatic carbocycles. The minimum atomic E-state index is -0.201. The van der Waals surface area contributed by atoms with Gasteiger partial charge in [0.2, 0.25) is 0 Å². The lowest BCUT2D eigenvalue weighted by atomic mass is 9.77. The summed E-state index contributed by atoms with van der Waals surface area (Å²) in [6.07, 6.45) is 14.6. The van der Waals surface area contributed by atoms with Crippen LogP contribution in [0.3, 0.4) is 0 Å². The Bertz CT molecular complexity index is 739. The fourth-order valence-electron chi connectivity index (χ4n) is 4.36. The molecule has 3 rings (SSSR count). The molecule has 0 radical (unpaired) electrons. The van der Waals surface area contributed by atoms with E-state index in [0.29, 0.717) is 12.3 Å². The molecule has 162 valence electrons. The number of allylic oxidation sites excluding steroid dienone is 2. The van der Waals surface area contributed by atoms with Gasteiger partial charge in [0.25, 0.3) is 0 Å². The highest BCUT2D eigenvalue weighted by Gasteiger charge is 2.21. The van der Waals surface area contributed by atoms with Gasteiger partial charge in [-0.2, -0.15) is 0 Å². The van der Waals surface area contributed by atoms with Crippen molar-refractivity contribution in [3.8, 4) is 16.9 Å². The van der Waals surface area contributed by atoms with Gasteiger partial charge < -0.3 is 4.74 Å². The summed E-state index contributed by atoms with van der Waals surface area (Å²) < 4.78 is 17.9. The fourth-order valence-corrected chi connectivity index (χ4v) is 4.36. The first-order chi connectivity index (χ1) is 14.8. The van der Waals surface area contributed by atoms with Crippen molar-refractivity contribution >= 4 is 0 Å². The molecule has 1 aliphatic carbocycles. The van der Waals surface area contributed by atoms with Gasteiger partial charge in [-0.25, -0.2) is 0 Å². The predicted molar refractivity (Wildman–Crippen MR) is 126 cm³/mol. The second kappa shape index (κ2) is 12.6. The molecule has 0 atom stereocenters. The molecular weight excluding hydrogens is 371 g/mol. The third kappa shape index (κ3) is 7.00. The Morgan fingerprint density at radius 2 is 1.53 bits per heavy atom. The SMILES string of the molecule is CCCCOc1ccc(-c2ccc(C3CCC(CC=CCCCF)CC3)cc2)cc1. The van der Waals surface area contributed by atoms with Crippen LogP contribution in [0.2, 0.25) is 0 Å². The molecular formula is C28H37FO. The van der Waals surface area contributed by atoms with Crippen molar-refractivity contribution in [2.45, 2.75) is 70.6 Å². The van der Waals surface area contributed by atoms with Crippen molar-refractivity contribution in [1.29, 1.82) is 0 Å². The monoisotopic (exact) mass is 408 g/mol. The highest BCUT2D eigenvalue weighted by Crippen LogP contribution is 2.37. The van der Waals surface area contributed by atoms with E-state index in [1.807, 2.05) is 0 Å². The predicted octanol–water partition coefficient (Wildman–Crippen LogP) is 8.50. The average Bonchev–Trinajstić information content (AvgIpc) is 2.80. The fraction of sp³-hybridized carbons (Fsp3) is 0.500. The Kier molecular flexibility index (Phi) is 9.47. The number of halogens is 1. The molecule has 30 heavy (non-hydrogen) atoms. The Morgan fingerprint density at radius 1 is 0.867 bits per heavy atom. The molecule has 1 fully saturated rings. The molecule has 0 aromatic heterocycles.